The summed E-state index contributed by atoms with van der Waals surface area (Å²) >= 11 is 0. The third kappa shape index (κ3) is 2.69. The molecule has 4 nitrogen and oxygen atoms in total. The lowest BCUT2D eigenvalue weighted by atomic mass is 9.95. The van der Waals surface area contributed by atoms with Gasteiger partial charge in [0.15, 0.2) is 0 Å². The van der Waals surface area contributed by atoms with Crippen LogP contribution < -0.4 is 10.2 Å². The molecule has 2 atom stereocenters. The van der Waals surface area contributed by atoms with E-state index in [0.717, 1.165) is 23.2 Å². The van der Waals surface area contributed by atoms with Crippen molar-refractivity contribution in [2.45, 2.75) is 40.2 Å². The second-order valence-electron chi connectivity index (χ2n) is 5.65. The van der Waals surface area contributed by atoms with Gasteiger partial charge in [0, 0.05) is 5.69 Å². The molecule has 2 rings (SSSR count). The van der Waals surface area contributed by atoms with Crippen LogP contribution in [0.25, 0.3) is 0 Å². The molecule has 1 N–H and O–H groups in total. The Kier molecular flexibility index (Phi) is 4.12. The highest BCUT2D eigenvalue weighted by Gasteiger charge is 2.36. The van der Waals surface area contributed by atoms with Gasteiger partial charge in [-0.05, 0) is 31.4 Å². The number of aryl methyl sites for hydroxylation is 2. The largest absolute Gasteiger partial charge is 0.342 e. The van der Waals surface area contributed by atoms with Gasteiger partial charge in [-0.15, -0.1) is 0 Å². The molecule has 1 aliphatic rings. The van der Waals surface area contributed by atoms with Gasteiger partial charge >= 0.3 is 0 Å². The quantitative estimate of drug-likeness (QED) is 0.918. The Hall–Kier alpha value is -1.84. The summed E-state index contributed by atoms with van der Waals surface area (Å²) in [4.78, 5) is 26.1. The molecule has 0 bridgehead atoms. The molecule has 1 heterocycles. The highest BCUT2D eigenvalue weighted by molar-refractivity contribution is 6.07. The third-order valence-corrected chi connectivity index (χ3v) is 4.01. The summed E-state index contributed by atoms with van der Waals surface area (Å²) in [5.41, 5.74) is 3.01. The highest BCUT2D eigenvalue weighted by atomic mass is 16.2. The van der Waals surface area contributed by atoms with Gasteiger partial charge in [-0.3, -0.25) is 9.59 Å². The van der Waals surface area contributed by atoms with Crippen LogP contribution in [0.3, 0.4) is 0 Å². The number of rotatable bonds is 3. The Bertz CT molecular complexity index is 539. The van der Waals surface area contributed by atoms with E-state index in [2.05, 4.69) is 5.32 Å². The van der Waals surface area contributed by atoms with Gasteiger partial charge in [0.05, 0.1) is 0 Å². The summed E-state index contributed by atoms with van der Waals surface area (Å²) < 4.78 is 0. The minimum atomic E-state index is -0.415. The number of benzene rings is 1. The van der Waals surface area contributed by atoms with Gasteiger partial charge in [-0.2, -0.15) is 0 Å². The molecule has 2 unspecified atom stereocenters. The molecule has 1 aromatic carbocycles. The van der Waals surface area contributed by atoms with Crippen LogP contribution in [-0.2, 0) is 9.59 Å². The van der Waals surface area contributed by atoms with Crippen molar-refractivity contribution in [3.05, 3.63) is 29.3 Å². The van der Waals surface area contributed by atoms with Crippen molar-refractivity contribution < 1.29 is 9.59 Å². The van der Waals surface area contributed by atoms with Crippen molar-refractivity contribution in [3.63, 3.8) is 0 Å². The number of nitrogens with one attached hydrogen (secondary N) is 1. The zero-order valence-corrected chi connectivity index (χ0v) is 12.6. The van der Waals surface area contributed by atoms with Crippen LogP contribution in [0.15, 0.2) is 18.2 Å². The number of piperazine rings is 1. The van der Waals surface area contributed by atoms with Crippen LogP contribution in [0.1, 0.15) is 31.4 Å². The Balaban J connectivity index is 2.35. The number of carbonyl (C=O) groups is 2. The maximum absolute atomic E-state index is 12.6. The second-order valence-corrected chi connectivity index (χ2v) is 5.65. The molecule has 1 saturated heterocycles. The fourth-order valence-corrected chi connectivity index (χ4v) is 2.60. The first kappa shape index (κ1) is 14.6. The standard InChI is InChI=1S/C16H22N2O2/c1-5-11(3)15-16(20)18(9-14(19)17-15)13-7-6-10(2)8-12(13)4/h6-8,11,15H,5,9H2,1-4H3,(H,17,19). The lowest BCUT2D eigenvalue weighted by Crippen LogP contribution is -2.60. The summed E-state index contributed by atoms with van der Waals surface area (Å²) in [6.07, 6.45) is 0.859. The number of nitrogens with zero attached hydrogens (tertiary/aromatic N) is 1. The first-order valence-electron chi connectivity index (χ1n) is 7.12. The summed E-state index contributed by atoms with van der Waals surface area (Å²) in [5, 5.41) is 2.82. The van der Waals surface area contributed by atoms with Gasteiger partial charge in [-0.1, -0.05) is 38.0 Å². The number of hydrogen-bond acceptors (Lipinski definition) is 2. The monoisotopic (exact) mass is 274 g/mol. The maximum atomic E-state index is 12.6. The van der Waals surface area contributed by atoms with Crippen molar-refractivity contribution in [2.24, 2.45) is 5.92 Å². The topological polar surface area (TPSA) is 49.4 Å². The van der Waals surface area contributed by atoms with Crippen molar-refractivity contribution >= 4 is 17.5 Å². The second kappa shape index (κ2) is 5.65. The molecule has 0 saturated carbocycles. The smallest absolute Gasteiger partial charge is 0.250 e. The molecule has 0 aliphatic carbocycles. The molecular formula is C16H22N2O2. The van der Waals surface area contributed by atoms with E-state index >= 15 is 0 Å². The average molecular weight is 274 g/mol. The van der Waals surface area contributed by atoms with E-state index in [1.807, 2.05) is 45.9 Å². The van der Waals surface area contributed by atoms with E-state index in [4.69, 9.17) is 0 Å². The van der Waals surface area contributed by atoms with Crippen LogP contribution in [0.2, 0.25) is 0 Å². The van der Waals surface area contributed by atoms with E-state index in [0.29, 0.717) is 0 Å². The molecule has 2 amide bonds. The molecule has 108 valence electrons. The molecule has 1 aliphatic heterocycles. The van der Waals surface area contributed by atoms with Gasteiger partial charge < -0.3 is 10.2 Å². The molecular weight excluding hydrogens is 252 g/mol. The molecule has 4 heteroatoms. The van der Waals surface area contributed by atoms with Crippen LogP contribution in [-0.4, -0.2) is 24.4 Å². The summed E-state index contributed by atoms with van der Waals surface area (Å²) in [5.74, 6) is 0.0424. The van der Waals surface area contributed by atoms with Crippen molar-refractivity contribution in [1.82, 2.24) is 5.32 Å². The molecule has 0 aromatic heterocycles. The Labute approximate surface area is 120 Å². The van der Waals surface area contributed by atoms with E-state index in [-0.39, 0.29) is 24.3 Å². The minimum absolute atomic E-state index is 0.00842. The average Bonchev–Trinajstić information content (AvgIpc) is 2.40. The molecule has 0 radical (unpaired) electrons. The highest BCUT2D eigenvalue weighted by Crippen LogP contribution is 2.25. The lowest BCUT2D eigenvalue weighted by Gasteiger charge is -2.35. The summed E-state index contributed by atoms with van der Waals surface area (Å²) in [6, 6.07) is 5.52. The SMILES string of the molecule is CCC(C)C1NC(=O)CN(c2ccc(C)cc2C)C1=O. The zero-order valence-electron chi connectivity index (χ0n) is 12.6. The van der Waals surface area contributed by atoms with Gasteiger partial charge in [0.2, 0.25) is 11.8 Å². The fraction of sp³-hybridized carbons (Fsp3) is 0.500. The number of anilines is 1. The van der Waals surface area contributed by atoms with Crippen molar-refractivity contribution in [2.75, 3.05) is 11.4 Å². The third-order valence-electron chi connectivity index (χ3n) is 4.01. The number of hydrogen-bond donors (Lipinski definition) is 1. The fourth-order valence-electron chi connectivity index (χ4n) is 2.60. The normalized spacial score (nSPS) is 20.8. The Morgan fingerprint density at radius 2 is 2.05 bits per heavy atom. The Morgan fingerprint density at radius 1 is 1.35 bits per heavy atom. The number of amides is 2. The lowest BCUT2D eigenvalue weighted by molar-refractivity contribution is -0.132. The van der Waals surface area contributed by atoms with Crippen LogP contribution in [0, 0.1) is 19.8 Å². The first-order valence-corrected chi connectivity index (χ1v) is 7.12. The predicted molar refractivity (Wildman–Crippen MR) is 79.7 cm³/mol. The van der Waals surface area contributed by atoms with Gasteiger partial charge in [-0.25, -0.2) is 0 Å². The molecule has 20 heavy (non-hydrogen) atoms. The molecule has 1 fully saturated rings. The van der Waals surface area contributed by atoms with Crippen LogP contribution in [0.4, 0.5) is 5.69 Å². The Morgan fingerprint density at radius 3 is 2.65 bits per heavy atom. The zero-order chi connectivity index (χ0) is 14.9. The maximum Gasteiger partial charge on any atom is 0.250 e. The van der Waals surface area contributed by atoms with E-state index in [1.54, 1.807) is 4.90 Å². The summed E-state index contributed by atoms with van der Waals surface area (Å²) in [6.45, 7) is 8.12. The number of carbonyl (C=O) groups excluding carboxylic acids is 2. The molecule has 1 aromatic rings. The predicted octanol–water partition coefficient (Wildman–Crippen LogP) is 2.18. The summed E-state index contributed by atoms with van der Waals surface area (Å²) in [7, 11) is 0. The van der Waals surface area contributed by atoms with Gasteiger partial charge in [0.25, 0.3) is 0 Å². The van der Waals surface area contributed by atoms with Crippen LogP contribution in [0.5, 0.6) is 0 Å². The van der Waals surface area contributed by atoms with E-state index in [9.17, 15) is 9.59 Å². The first-order chi connectivity index (χ1) is 9.43. The van der Waals surface area contributed by atoms with Crippen LogP contribution >= 0.6 is 0 Å². The van der Waals surface area contributed by atoms with E-state index < -0.39 is 6.04 Å². The van der Waals surface area contributed by atoms with Gasteiger partial charge in [0.1, 0.15) is 12.6 Å². The molecule has 0 spiro atoms. The minimum Gasteiger partial charge on any atom is -0.342 e. The van der Waals surface area contributed by atoms with E-state index in [1.165, 1.54) is 0 Å². The van der Waals surface area contributed by atoms with Crippen molar-refractivity contribution in [1.29, 1.82) is 0 Å². The van der Waals surface area contributed by atoms with Crippen molar-refractivity contribution in [3.8, 4) is 0 Å².